The Morgan fingerprint density at radius 2 is 2.11 bits per heavy atom. The molecule has 3 heteroatoms. The van der Waals surface area contributed by atoms with Crippen LogP contribution in [-0.4, -0.2) is 12.6 Å². The smallest absolute Gasteiger partial charge is 0.174 e. The lowest BCUT2D eigenvalue weighted by Gasteiger charge is -2.28. The molecule has 0 aliphatic carbocycles. The molecule has 1 rings (SSSR count). The van der Waals surface area contributed by atoms with E-state index in [1.165, 1.54) is 5.56 Å². The van der Waals surface area contributed by atoms with Crippen molar-refractivity contribution < 1.29 is 4.74 Å². The summed E-state index contributed by atoms with van der Waals surface area (Å²) in [6.07, 6.45) is 0. The van der Waals surface area contributed by atoms with Crippen LogP contribution in [0.5, 0.6) is 5.75 Å². The van der Waals surface area contributed by atoms with Gasteiger partial charge in [0, 0.05) is 12.6 Å². The Kier molecular flexibility index (Phi) is 5.18. The van der Waals surface area contributed by atoms with Gasteiger partial charge in [0.15, 0.2) is 6.61 Å². The molecule has 1 aromatic carbocycles. The second-order valence-corrected chi connectivity index (χ2v) is 5.56. The third-order valence-electron chi connectivity index (χ3n) is 3.11. The maximum absolute atomic E-state index is 8.48. The molecule has 98 valence electrons. The van der Waals surface area contributed by atoms with Crippen LogP contribution in [0, 0.1) is 16.7 Å². The van der Waals surface area contributed by atoms with Crippen molar-refractivity contribution in [2.24, 2.45) is 5.41 Å². The minimum absolute atomic E-state index is 0.0925. The van der Waals surface area contributed by atoms with E-state index in [9.17, 15) is 0 Å². The zero-order chi connectivity index (χ0) is 13.6. The topological polar surface area (TPSA) is 45.0 Å². The lowest BCUT2D eigenvalue weighted by Crippen LogP contribution is -2.37. The van der Waals surface area contributed by atoms with E-state index in [1.54, 1.807) is 0 Å². The number of hydrogen-bond donors (Lipinski definition) is 1. The molecule has 0 aliphatic rings. The molecule has 1 N–H and O–H groups in total. The fourth-order valence-corrected chi connectivity index (χ4v) is 1.44. The van der Waals surface area contributed by atoms with Crippen LogP contribution in [0.4, 0.5) is 0 Å². The van der Waals surface area contributed by atoms with E-state index >= 15 is 0 Å². The number of nitrogens with one attached hydrogen (secondary N) is 1. The van der Waals surface area contributed by atoms with Gasteiger partial charge < -0.3 is 10.1 Å². The predicted octanol–water partition coefficient (Wildman–Crippen LogP) is 3.11. The van der Waals surface area contributed by atoms with Crippen molar-refractivity contribution in [3.05, 3.63) is 29.8 Å². The molecule has 0 saturated carbocycles. The number of nitrogens with zero attached hydrogens (tertiary/aromatic N) is 1. The van der Waals surface area contributed by atoms with E-state index < -0.39 is 0 Å². The first-order valence-electron chi connectivity index (χ1n) is 6.25. The van der Waals surface area contributed by atoms with Gasteiger partial charge in [-0.15, -0.1) is 0 Å². The van der Waals surface area contributed by atoms with Crippen LogP contribution in [0.15, 0.2) is 24.3 Å². The molecule has 0 aliphatic heterocycles. The molecule has 1 atom stereocenters. The number of benzene rings is 1. The summed E-state index contributed by atoms with van der Waals surface area (Å²) < 4.78 is 5.28. The molecule has 0 spiro atoms. The molecule has 1 unspecified atom stereocenters. The van der Waals surface area contributed by atoms with E-state index in [0.29, 0.717) is 6.04 Å². The van der Waals surface area contributed by atoms with Crippen molar-refractivity contribution >= 4 is 0 Å². The summed E-state index contributed by atoms with van der Waals surface area (Å²) >= 11 is 0. The SMILES string of the molecule is CC(NCc1cccc(OCC#N)c1)C(C)(C)C. The van der Waals surface area contributed by atoms with Gasteiger partial charge in [0.2, 0.25) is 0 Å². The number of nitriles is 1. The Morgan fingerprint density at radius 3 is 2.72 bits per heavy atom. The maximum atomic E-state index is 8.48. The monoisotopic (exact) mass is 246 g/mol. The summed E-state index contributed by atoms with van der Waals surface area (Å²) in [4.78, 5) is 0. The highest BCUT2D eigenvalue weighted by Crippen LogP contribution is 2.19. The predicted molar refractivity (Wildman–Crippen MR) is 73.3 cm³/mol. The first-order chi connectivity index (χ1) is 8.43. The molecule has 0 heterocycles. The fraction of sp³-hybridized carbons (Fsp3) is 0.533. The van der Waals surface area contributed by atoms with Crippen molar-refractivity contribution in [3.63, 3.8) is 0 Å². The van der Waals surface area contributed by atoms with Crippen molar-refractivity contribution in [1.29, 1.82) is 5.26 Å². The normalized spacial score (nSPS) is 12.8. The summed E-state index contributed by atoms with van der Waals surface area (Å²) in [7, 11) is 0. The molecular formula is C15H22N2O. The third-order valence-corrected chi connectivity index (χ3v) is 3.11. The molecule has 0 saturated heterocycles. The Balaban J connectivity index is 2.55. The van der Waals surface area contributed by atoms with Gasteiger partial charge in [-0.1, -0.05) is 32.9 Å². The lowest BCUT2D eigenvalue weighted by molar-refractivity contribution is 0.285. The quantitative estimate of drug-likeness (QED) is 0.868. The van der Waals surface area contributed by atoms with Crippen LogP contribution in [-0.2, 0) is 6.54 Å². The summed E-state index contributed by atoms with van der Waals surface area (Å²) in [5.74, 6) is 0.749. The number of hydrogen-bond acceptors (Lipinski definition) is 3. The molecule has 18 heavy (non-hydrogen) atoms. The first kappa shape index (κ1) is 14.5. The van der Waals surface area contributed by atoms with Crippen molar-refractivity contribution in [1.82, 2.24) is 5.32 Å². The van der Waals surface area contributed by atoms with E-state index in [-0.39, 0.29) is 12.0 Å². The van der Waals surface area contributed by atoms with Crippen LogP contribution in [0.1, 0.15) is 33.3 Å². The molecular weight excluding hydrogens is 224 g/mol. The van der Waals surface area contributed by atoms with Gasteiger partial charge in [0.25, 0.3) is 0 Å². The standard InChI is InChI=1S/C15H22N2O/c1-12(15(2,3)4)17-11-13-6-5-7-14(10-13)18-9-8-16/h5-7,10,12,17H,9,11H2,1-4H3. The van der Waals surface area contributed by atoms with Gasteiger partial charge in [-0.25, -0.2) is 0 Å². The van der Waals surface area contributed by atoms with Crippen LogP contribution in [0.25, 0.3) is 0 Å². The summed E-state index contributed by atoms with van der Waals surface area (Å²) in [6, 6.07) is 10.2. The van der Waals surface area contributed by atoms with Gasteiger partial charge in [-0.05, 0) is 30.0 Å². The molecule has 0 aromatic heterocycles. The average Bonchev–Trinajstić information content (AvgIpc) is 2.32. The number of rotatable bonds is 5. The maximum Gasteiger partial charge on any atom is 0.174 e. The molecule has 1 aromatic rings. The fourth-order valence-electron chi connectivity index (χ4n) is 1.44. The largest absolute Gasteiger partial charge is 0.479 e. The van der Waals surface area contributed by atoms with Crippen LogP contribution in [0.3, 0.4) is 0 Å². The Morgan fingerprint density at radius 1 is 1.39 bits per heavy atom. The third kappa shape index (κ3) is 4.77. The van der Waals surface area contributed by atoms with Crippen LogP contribution < -0.4 is 10.1 Å². The first-order valence-corrected chi connectivity index (χ1v) is 6.25. The zero-order valence-corrected chi connectivity index (χ0v) is 11.7. The molecule has 0 amide bonds. The van der Waals surface area contributed by atoms with Gasteiger partial charge in [-0.3, -0.25) is 0 Å². The summed E-state index contributed by atoms with van der Waals surface area (Å²) in [5.41, 5.74) is 1.41. The Hall–Kier alpha value is -1.53. The molecule has 3 nitrogen and oxygen atoms in total. The second kappa shape index (κ2) is 6.42. The van der Waals surface area contributed by atoms with Gasteiger partial charge >= 0.3 is 0 Å². The van der Waals surface area contributed by atoms with E-state index in [4.69, 9.17) is 10.00 Å². The molecule has 0 bridgehead atoms. The molecule has 0 fully saturated rings. The highest BCUT2D eigenvalue weighted by atomic mass is 16.5. The van der Waals surface area contributed by atoms with E-state index in [0.717, 1.165) is 12.3 Å². The highest BCUT2D eigenvalue weighted by Gasteiger charge is 2.18. The van der Waals surface area contributed by atoms with Crippen LogP contribution >= 0.6 is 0 Å². The van der Waals surface area contributed by atoms with E-state index in [2.05, 4.69) is 39.1 Å². The lowest BCUT2D eigenvalue weighted by atomic mass is 9.88. The van der Waals surface area contributed by atoms with Gasteiger partial charge in [0.05, 0.1) is 0 Å². The van der Waals surface area contributed by atoms with Crippen LogP contribution in [0.2, 0.25) is 0 Å². The summed E-state index contributed by atoms with van der Waals surface area (Å²) in [5, 5.41) is 12.0. The van der Waals surface area contributed by atoms with Crippen molar-refractivity contribution in [2.45, 2.75) is 40.3 Å². The highest BCUT2D eigenvalue weighted by molar-refractivity contribution is 5.28. The Bertz CT molecular complexity index is 415. The minimum Gasteiger partial charge on any atom is -0.479 e. The zero-order valence-electron chi connectivity index (χ0n) is 11.7. The minimum atomic E-state index is 0.0925. The van der Waals surface area contributed by atoms with Crippen molar-refractivity contribution in [3.8, 4) is 11.8 Å². The molecule has 0 radical (unpaired) electrons. The van der Waals surface area contributed by atoms with Gasteiger partial charge in [0.1, 0.15) is 11.8 Å². The Labute approximate surface area is 110 Å². The number of ether oxygens (including phenoxy) is 1. The average molecular weight is 246 g/mol. The summed E-state index contributed by atoms with van der Waals surface area (Å²) in [6.45, 7) is 9.75. The van der Waals surface area contributed by atoms with E-state index in [1.807, 2.05) is 24.3 Å². The second-order valence-electron chi connectivity index (χ2n) is 5.56. The van der Waals surface area contributed by atoms with Gasteiger partial charge in [-0.2, -0.15) is 5.26 Å². The van der Waals surface area contributed by atoms with Crippen molar-refractivity contribution in [2.75, 3.05) is 6.61 Å².